The summed E-state index contributed by atoms with van der Waals surface area (Å²) in [5.41, 5.74) is 1.10. The number of morpholine rings is 1. The summed E-state index contributed by atoms with van der Waals surface area (Å²) in [7, 11) is 2.10. The molecule has 1 aliphatic rings. The van der Waals surface area contributed by atoms with Crippen LogP contribution in [-0.2, 0) is 4.74 Å². The van der Waals surface area contributed by atoms with Gasteiger partial charge in [0, 0.05) is 23.7 Å². The van der Waals surface area contributed by atoms with Crippen LogP contribution in [0, 0.1) is 0 Å². The van der Waals surface area contributed by atoms with Crippen molar-refractivity contribution in [3.63, 3.8) is 0 Å². The summed E-state index contributed by atoms with van der Waals surface area (Å²) < 4.78 is 5.69. The van der Waals surface area contributed by atoms with Crippen molar-refractivity contribution in [2.75, 3.05) is 26.7 Å². The highest BCUT2D eigenvalue weighted by Gasteiger charge is 2.20. The molecule has 2 rings (SSSR count). The Labute approximate surface area is 89.4 Å². The lowest BCUT2D eigenvalue weighted by Crippen LogP contribution is -2.35. The zero-order chi connectivity index (χ0) is 9.97. The van der Waals surface area contributed by atoms with Gasteiger partial charge in [0.15, 0.2) is 0 Å². The molecule has 1 fully saturated rings. The fourth-order valence-corrected chi connectivity index (χ4v) is 1.96. The Kier molecular flexibility index (Phi) is 3.06. The van der Waals surface area contributed by atoms with E-state index in [1.54, 1.807) is 0 Å². The van der Waals surface area contributed by atoms with Crippen molar-refractivity contribution in [1.29, 1.82) is 0 Å². The molecule has 76 valence electrons. The van der Waals surface area contributed by atoms with E-state index in [0.29, 0.717) is 0 Å². The van der Waals surface area contributed by atoms with Crippen molar-refractivity contribution in [1.82, 2.24) is 4.90 Å². The molecule has 2 nitrogen and oxygen atoms in total. The molecular formula is C11H14ClNO. The van der Waals surface area contributed by atoms with Gasteiger partial charge in [-0.3, -0.25) is 0 Å². The summed E-state index contributed by atoms with van der Waals surface area (Å²) in [6, 6.07) is 7.89. The summed E-state index contributed by atoms with van der Waals surface area (Å²) in [6.07, 6.45) is 0.127. The van der Waals surface area contributed by atoms with Crippen molar-refractivity contribution in [3.8, 4) is 0 Å². The number of hydrogen-bond donors (Lipinski definition) is 0. The van der Waals surface area contributed by atoms with Crippen molar-refractivity contribution in [2.24, 2.45) is 0 Å². The molecule has 3 heteroatoms. The van der Waals surface area contributed by atoms with Crippen LogP contribution in [0.15, 0.2) is 24.3 Å². The molecule has 0 bridgehead atoms. The Morgan fingerprint density at radius 3 is 2.93 bits per heavy atom. The van der Waals surface area contributed by atoms with Crippen LogP contribution in [0.4, 0.5) is 0 Å². The highest BCUT2D eigenvalue weighted by Crippen LogP contribution is 2.27. The fraction of sp³-hybridized carbons (Fsp3) is 0.455. The van der Waals surface area contributed by atoms with E-state index in [1.165, 1.54) is 0 Å². The number of ether oxygens (including phenoxy) is 1. The minimum absolute atomic E-state index is 0.127. The number of benzene rings is 1. The molecule has 1 aromatic carbocycles. The first kappa shape index (κ1) is 9.97. The molecular weight excluding hydrogens is 198 g/mol. The van der Waals surface area contributed by atoms with E-state index in [2.05, 4.69) is 11.9 Å². The minimum atomic E-state index is 0.127. The van der Waals surface area contributed by atoms with E-state index >= 15 is 0 Å². The zero-order valence-electron chi connectivity index (χ0n) is 8.24. The summed E-state index contributed by atoms with van der Waals surface area (Å²) in [4.78, 5) is 2.26. The van der Waals surface area contributed by atoms with Gasteiger partial charge < -0.3 is 9.64 Å². The van der Waals surface area contributed by atoms with Crippen molar-refractivity contribution >= 4 is 11.6 Å². The summed E-state index contributed by atoms with van der Waals surface area (Å²) in [6.45, 7) is 2.71. The van der Waals surface area contributed by atoms with Crippen molar-refractivity contribution in [3.05, 3.63) is 34.9 Å². The Morgan fingerprint density at radius 2 is 2.21 bits per heavy atom. The predicted molar refractivity (Wildman–Crippen MR) is 57.6 cm³/mol. The maximum Gasteiger partial charge on any atom is 0.0966 e. The number of nitrogens with zero attached hydrogens (tertiary/aromatic N) is 1. The van der Waals surface area contributed by atoms with Crippen LogP contribution in [0.1, 0.15) is 11.7 Å². The van der Waals surface area contributed by atoms with E-state index in [-0.39, 0.29) is 6.10 Å². The van der Waals surface area contributed by atoms with Gasteiger partial charge in [0.2, 0.25) is 0 Å². The van der Waals surface area contributed by atoms with E-state index in [4.69, 9.17) is 16.3 Å². The Hall–Kier alpha value is -0.570. The van der Waals surface area contributed by atoms with Gasteiger partial charge in [-0.05, 0) is 13.1 Å². The molecule has 1 atom stereocenters. The first-order chi connectivity index (χ1) is 6.77. The van der Waals surface area contributed by atoms with Crippen LogP contribution in [0.3, 0.4) is 0 Å². The number of hydrogen-bond acceptors (Lipinski definition) is 2. The molecule has 14 heavy (non-hydrogen) atoms. The lowest BCUT2D eigenvalue weighted by atomic mass is 10.1. The van der Waals surface area contributed by atoms with E-state index in [1.807, 2.05) is 24.3 Å². The van der Waals surface area contributed by atoms with Crippen molar-refractivity contribution < 1.29 is 4.74 Å². The largest absolute Gasteiger partial charge is 0.371 e. The van der Waals surface area contributed by atoms with E-state index in [0.717, 1.165) is 30.3 Å². The molecule has 1 aliphatic heterocycles. The highest BCUT2D eigenvalue weighted by atomic mass is 35.5. The number of likely N-dealkylation sites (N-methyl/N-ethyl adjacent to an activating group) is 1. The zero-order valence-corrected chi connectivity index (χ0v) is 9.00. The Morgan fingerprint density at radius 1 is 1.43 bits per heavy atom. The average Bonchev–Trinajstić information content (AvgIpc) is 2.18. The quantitative estimate of drug-likeness (QED) is 0.707. The summed E-state index contributed by atoms with van der Waals surface area (Å²) in [5, 5.41) is 0.799. The molecule has 0 radical (unpaired) electrons. The molecule has 0 spiro atoms. The number of rotatable bonds is 1. The minimum Gasteiger partial charge on any atom is -0.371 e. The average molecular weight is 212 g/mol. The molecule has 1 heterocycles. The third kappa shape index (κ3) is 2.08. The second kappa shape index (κ2) is 4.30. The molecule has 0 N–H and O–H groups in total. The Bertz CT molecular complexity index is 316. The first-order valence-electron chi connectivity index (χ1n) is 4.82. The monoisotopic (exact) mass is 211 g/mol. The second-order valence-electron chi connectivity index (χ2n) is 3.64. The van der Waals surface area contributed by atoms with Crippen LogP contribution in [-0.4, -0.2) is 31.6 Å². The molecule has 0 aliphatic carbocycles. The summed E-state index contributed by atoms with van der Waals surface area (Å²) >= 11 is 6.11. The van der Waals surface area contributed by atoms with Crippen LogP contribution in [0.25, 0.3) is 0 Å². The molecule has 1 saturated heterocycles. The molecule has 1 unspecified atom stereocenters. The predicted octanol–water partition coefficient (Wildman–Crippen LogP) is 2.34. The molecule has 0 amide bonds. The van der Waals surface area contributed by atoms with Gasteiger partial charge in [-0.1, -0.05) is 29.8 Å². The fourth-order valence-electron chi connectivity index (χ4n) is 1.70. The van der Waals surface area contributed by atoms with Crippen molar-refractivity contribution in [2.45, 2.75) is 6.10 Å². The van der Waals surface area contributed by atoms with Crippen LogP contribution in [0.5, 0.6) is 0 Å². The van der Waals surface area contributed by atoms with Crippen LogP contribution >= 0.6 is 11.6 Å². The maximum absolute atomic E-state index is 6.11. The van der Waals surface area contributed by atoms with Gasteiger partial charge in [-0.25, -0.2) is 0 Å². The number of halogens is 1. The standard InChI is InChI=1S/C11H14ClNO/c1-13-6-7-14-11(8-13)9-4-2-3-5-10(9)12/h2-5,11H,6-8H2,1H3. The van der Waals surface area contributed by atoms with Gasteiger partial charge in [-0.2, -0.15) is 0 Å². The normalized spacial score (nSPS) is 23.7. The molecule has 1 aromatic rings. The second-order valence-corrected chi connectivity index (χ2v) is 4.05. The van der Waals surface area contributed by atoms with Crippen LogP contribution in [0.2, 0.25) is 5.02 Å². The molecule has 0 aromatic heterocycles. The van der Waals surface area contributed by atoms with Gasteiger partial charge in [0.25, 0.3) is 0 Å². The highest BCUT2D eigenvalue weighted by molar-refractivity contribution is 6.31. The van der Waals surface area contributed by atoms with E-state index < -0.39 is 0 Å². The van der Waals surface area contributed by atoms with E-state index in [9.17, 15) is 0 Å². The lowest BCUT2D eigenvalue weighted by Gasteiger charge is -2.30. The van der Waals surface area contributed by atoms with Gasteiger partial charge >= 0.3 is 0 Å². The smallest absolute Gasteiger partial charge is 0.0966 e. The SMILES string of the molecule is CN1CCOC(c2ccccc2Cl)C1. The topological polar surface area (TPSA) is 12.5 Å². The Balaban J connectivity index is 2.18. The maximum atomic E-state index is 6.11. The third-order valence-electron chi connectivity index (χ3n) is 2.52. The third-order valence-corrected chi connectivity index (χ3v) is 2.87. The first-order valence-corrected chi connectivity index (χ1v) is 5.20. The van der Waals surface area contributed by atoms with Gasteiger partial charge in [0.05, 0.1) is 12.7 Å². The lowest BCUT2D eigenvalue weighted by molar-refractivity contribution is -0.0208. The van der Waals surface area contributed by atoms with Crippen LogP contribution < -0.4 is 0 Å². The summed E-state index contributed by atoms with van der Waals surface area (Å²) in [5.74, 6) is 0. The van der Waals surface area contributed by atoms with Gasteiger partial charge in [0.1, 0.15) is 0 Å². The molecule has 0 saturated carbocycles. The van der Waals surface area contributed by atoms with Gasteiger partial charge in [-0.15, -0.1) is 0 Å².